The van der Waals surface area contributed by atoms with Crippen LogP contribution in [0.25, 0.3) is 0 Å². The van der Waals surface area contributed by atoms with Gasteiger partial charge in [-0.25, -0.2) is 4.39 Å². The second kappa shape index (κ2) is 7.19. The van der Waals surface area contributed by atoms with Gasteiger partial charge in [0.1, 0.15) is 12.7 Å². The predicted octanol–water partition coefficient (Wildman–Crippen LogP) is 1.23. The van der Waals surface area contributed by atoms with E-state index in [1.165, 1.54) is 6.07 Å². The lowest BCUT2D eigenvalue weighted by Crippen LogP contribution is -2.47. The van der Waals surface area contributed by atoms with E-state index in [0.29, 0.717) is 6.54 Å². The molecule has 0 bridgehead atoms. The van der Waals surface area contributed by atoms with Crippen molar-refractivity contribution in [3.8, 4) is 5.75 Å². The molecule has 4 nitrogen and oxygen atoms in total. The number of rotatable bonds is 5. The van der Waals surface area contributed by atoms with Crippen LogP contribution in [0.1, 0.15) is 0 Å². The second-order valence-corrected chi connectivity index (χ2v) is 5.51. The van der Waals surface area contributed by atoms with Gasteiger partial charge in [0.05, 0.1) is 0 Å². The van der Waals surface area contributed by atoms with Crippen LogP contribution in [0.3, 0.4) is 0 Å². The highest BCUT2D eigenvalue weighted by molar-refractivity contribution is 9.10. The van der Waals surface area contributed by atoms with Gasteiger partial charge in [-0.05, 0) is 18.2 Å². The second-order valence-electron chi connectivity index (χ2n) is 4.59. The lowest BCUT2D eigenvalue weighted by atomic mass is 10.3. The summed E-state index contributed by atoms with van der Waals surface area (Å²) in [5, 5.41) is 13.2. The summed E-state index contributed by atoms with van der Waals surface area (Å²) in [7, 11) is 0. The highest BCUT2D eigenvalue weighted by Crippen LogP contribution is 2.22. The van der Waals surface area contributed by atoms with Crippen LogP contribution in [0.5, 0.6) is 5.75 Å². The van der Waals surface area contributed by atoms with E-state index in [0.717, 1.165) is 30.7 Å². The first-order chi connectivity index (χ1) is 9.15. The van der Waals surface area contributed by atoms with E-state index in [9.17, 15) is 9.50 Å². The monoisotopic (exact) mass is 332 g/mol. The molecule has 19 heavy (non-hydrogen) atoms. The Bertz CT molecular complexity index is 414. The maximum absolute atomic E-state index is 13.4. The summed E-state index contributed by atoms with van der Waals surface area (Å²) in [5.41, 5.74) is 0. The molecule has 1 fully saturated rings. The fourth-order valence-electron chi connectivity index (χ4n) is 2.02. The van der Waals surface area contributed by atoms with Crippen LogP contribution in [0.15, 0.2) is 22.7 Å². The van der Waals surface area contributed by atoms with Crippen molar-refractivity contribution in [3.63, 3.8) is 0 Å². The maximum atomic E-state index is 13.4. The number of aliphatic hydroxyl groups is 1. The first-order valence-electron chi connectivity index (χ1n) is 6.34. The summed E-state index contributed by atoms with van der Waals surface area (Å²) in [6.07, 6.45) is -0.614. The Morgan fingerprint density at radius 1 is 1.42 bits per heavy atom. The zero-order chi connectivity index (χ0) is 13.7. The van der Waals surface area contributed by atoms with E-state index < -0.39 is 11.9 Å². The van der Waals surface area contributed by atoms with E-state index >= 15 is 0 Å². The van der Waals surface area contributed by atoms with E-state index in [4.69, 9.17) is 4.74 Å². The average Bonchev–Trinajstić information content (AvgIpc) is 2.41. The van der Waals surface area contributed by atoms with Crippen molar-refractivity contribution in [2.75, 3.05) is 39.3 Å². The third kappa shape index (κ3) is 4.72. The Morgan fingerprint density at radius 2 is 2.16 bits per heavy atom. The van der Waals surface area contributed by atoms with Crippen molar-refractivity contribution in [3.05, 3.63) is 28.5 Å². The number of ether oxygens (including phenoxy) is 1. The molecule has 1 aromatic carbocycles. The lowest BCUT2D eigenvalue weighted by Gasteiger charge is -2.29. The molecule has 0 aliphatic carbocycles. The molecule has 6 heteroatoms. The zero-order valence-electron chi connectivity index (χ0n) is 10.6. The minimum absolute atomic E-state index is 0.0945. The molecule has 0 saturated carbocycles. The van der Waals surface area contributed by atoms with Gasteiger partial charge >= 0.3 is 0 Å². The van der Waals surface area contributed by atoms with Gasteiger partial charge in [0.2, 0.25) is 0 Å². The fourth-order valence-corrected chi connectivity index (χ4v) is 2.36. The molecular weight excluding hydrogens is 315 g/mol. The Balaban J connectivity index is 1.79. The van der Waals surface area contributed by atoms with Gasteiger partial charge in [-0.15, -0.1) is 0 Å². The van der Waals surface area contributed by atoms with E-state index in [1.54, 1.807) is 12.1 Å². The minimum Gasteiger partial charge on any atom is -0.488 e. The van der Waals surface area contributed by atoms with Gasteiger partial charge in [0, 0.05) is 37.2 Å². The van der Waals surface area contributed by atoms with Crippen LogP contribution in [0.4, 0.5) is 4.39 Å². The standard InChI is InChI=1S/C13H18BrFN2O2/c14-10-1-2-12(15)13(7-10)19-9-11(18)8-17-5-3-16-4-6-17/h1-2,7,11,16,18H,3-6,8-9H2. The minimum atomic E-state index is -0.614. The molecule has 1 aliphatic heterocycles. The van der Waals surface area contributed by atoms with Crippen molar-refractivity contribution in [1.29, 1.82) is 0 Å². The molecule has 1 aromatic rings. The zero-order valence-corrected chi connectivity index (χ0v) is 12.2. The molecule has 0 aromatic heterocycles. The number of benzene rings is 1. The number of hydrogen-bond donors (Lipinski definition) is 2. The Kier molecular flexibility index (Phi) is 5.57. The van der Waals surface area contributed by atoms with Crippen LogP contribution in [-0.4, -0.2) is 55.4 Å². The van der Waals surface area contributed by atoms with Crippen LogP contribution in [0.2, 0.25) is 0 Å². The molecule has 0 spiro atoms. The summed E-state index contributed by atoms with van der Waals surface area (Å²) in [5.74, 6) is -0.258. The normalized spacial score (nSPS) is 18.3. The topological polar surface area (TPSA) is 44.7 Å². The predicted molar refractivity (Wildman–Crippen MR) is 74.9 cm³/mol. The summed E-state index contributed by atoms with van der Waals surface area (Å²) >= 11 is 3.26. The summed E-state index contributed by atoms with van der Waals surface area (Å²) < 4.78 is 19.5. The molecular formula is C13H18BrFN2O2. The molecule has 2 rings (SSSR count). The molecule has 1 heterocycles. The number of hydrogen-bond acceptors (Lipinski definition) is 4. The molecule has 1 atom stereocenters. The van der Waals surface area contributed by atoms with Crippen molar-refractivity contribution >= 4 is 15.9 Å². The maximum Gasteiger partial charge on any atom is 0.165 e. The number of nitrogens with one attached hydrogen (secondary N) is 1. The average molecular weight is 333 g/mol. The highest BCUT2D eigenvalue weighted by atomic mass is 79.9. The van der Waals surface area contributed by atoms with Gasteiger partial charge in [-0.2, -0.15) is 0 Å². The molecule has 1 unspecified atom stereocenters. The first-order valence-corrected chi connectivity index (χ1v) is 7.13. The van der Waals surface area contributed by atoms with Crippen molar-refractivity contribution in [2.45, 2.75) is 6.10 Å². The van der Waals surface area contributed by atoms with Crippen LogP contribution in [-0.2, 0) is 0 Å². The van der Waals surface area contributed by atoms with Gasteiger partial charge in [0.25, 0.3) is 0 Å². The summed E-state index contributed by atoms with van der Waals surface area (Å²) in [6.45, 7) is 4.36. The number of aliphatic hydroxyl groups excluding tert-OH is 1. The quantitative estimate of drug-likeness (QED) is 0.851. The largest absolute Gasteiger partial charge is 0.488 e. The molecule has 0 amide bonds. The number of β-amino-alcohol motifs (C(OH)–C–C–N with tert-alkyl or cyclic N) is 1. The van der Waals surface area contributed by atoms with Gasteiger partial charge in [0.15, 0.2) is 11.6 Å². The molecule has 0 radical (unpaired) electrons. The lowest BCUT2D eigenvalue weighted by molar-refractivity contribution is 0.0628. The van der Waals surface area contributed by atoms with E-state index in [1.807, 2.05) is 0 Å². The van der Waals surface area contributed by atoms with Gasteiger partial charge < -0.3 is 15.2 Å². The number of piperazine rings is 1. The third-order valence-electron chi connectivity index (χ3n) is 3.00. The third-order valence-corrected chi connectivity index (χ3v) is 3.50. The molecule has 1 saturated heterocycles. The molecule has 1 aliphatic rings. The van der Waals surface area contributed by atoms with Crippen molar-refractivity contribution in [1.82, 2.24) is 10.2 Å². The molecule has 2 N–H and O–H groups in total. The van der Waals surface area contributed by atoms with Crippen LogP contribution >= 0.6 is 15.9 Å². The highest BCUT2D eigenvalue weighted by Gasteiger charge is 2.15. The number of halogens is 2. The Labute approximate surface area is 120 Å². The number of nitrogens with zero attached hydrogens (tertiary/aromatic N) is 1. The van der Waals surface area contributed by atoms with Crippen molar-refractivity contribution in [2.24, 2.45) is 0 Å². The SMILES string of the molecule is OC(COc1cc(Br)ccc1F)CN1CCNCC1. The van der Waals surface area contributed by atoms with Crippen molar-refractivity contribution < 1.29 is 14.2 Å². The van der Waals surface area contributed by atoms with Gasteiger partial charge in [-0.3, -0.25) is 4.90 Å². The molecule has 106 valence electrons. The van der Waals surface area contributed by atoms with Gasteiger partial charge in [-0.1, -0.05) is 15.9 Å². The first kappa shape index (κ1) is 14.7. The fraction of sp³-hybridized carbons (Fsp3) is 0.538. The Morgan fingerprint density at radius 3 is 2.89 bits per heavy atom. The van der Waals surface area contributed by atoms with E-state index in [2.05, 4.69) is 26.1 Å². The van der Waals surface area contributed by atoms with Crippen LogP contribution in [0, 0.1) is 5.82 Å². The smallest absolute Gasteiger partial charge is 0.165 e. The Hall–Kier alpha value is -0.690. The van der Waals surface area contributed by atoms with Crippen LogP contribution < -0.4 is 10.1 Å². The summed E-state index contributed by atoms with van der Waals surface area (Å²) in [6, 6.07) is 4.51. The van der Waals surface area contributed by atoms with E-state index in [-0.39, 0.29) is 12.4 Å². The summed E-state index contributed by atoms with van der Waals surface area (Å²) in [4.78, 5) is 2.17.